The number of fused-ring (bicyclic) bond motifs is 1. The molecule has 0 bridgehead atoms. The van der Waals surface area contributed by atoms with Gasteiger partial charge in [0.15, 0.2) is 0 Å². The fraction of sp³-hybridized carbons (Fsp3) is 0.412. The maximum atomic E-state index is 6.29. The molecule has 0 radical (unpaired) electrons. The average Bonchev–Trinajstić information content (AvgIpc) is 2.49. The summed E-state index contributed by atoms with van der Waals surface area (Å²) in [6, 6.07) is 6.64. The summed E-state index contributed by atoms with van der Waals surface area (Å²) in [4.78, 5) is 11.4. The van der Waals surface area contributed by atoms with E-state index in [1.54, 1.807) is 0 Å². The van der Waals surface area contributed by atoms with Crippen molar-refractivity contribution in [1.82, 2.24) is 9.97 Å². The zero-order chi connectivity index (χ0) is 15.0. The highest BCUT2D eigenvalue weighted by Crippen LogP contribution is 2.35. The molecule has 110 valence electrons. The van der Waals surface area contributed by atoms with Gasteiger partial charge in [0.2, 0.25) is 0 Å². The van der Waals surface area contributed by atoms with Crippen molar-refractivity contribution in [3.05, 3.63) is 45.9 Å². The lowest BCUT2D eigenvalue weighted by molar-refractivity contribution is 0.750. The standard InChI is InChI=1S/C17H20ClN3/c1-4-15-19-16(18)12(3)17(20-15)21-9-5-6-13-10-11(2)7-8-14(13)21/h7-8,10H,4-6,9H2,1-3H3. The zero-order valence-electron chi connectivity index (χ0n) is 12.8. The van der Waals surface area contributed by atoms with Crippen LogP contribution in [0, 0.1) is 13.8 Å². The maximum absolute atomic E-state index is 6.29. The van der Waals surface area contributed by atoms with Crippen LogP contribution >= 0.6 is 11.6 Å². The number of nitrogens with zero attached hydrogens (tertiary/aromatic N) is 3. The van der Waals surface area contributed by atoms with E-state index < -0.39 is 0 Å². The van der Waals surface area contributed by atoms with Gasteiger partial charge in [0.05, 0.1) is 0 Å². The van der Waals surface area contributed by atoms with Gasteiger partial charge in [-0.3, -0.25) is 0 Å². The highest BCUT2D eigenvalue weighted by atomic mass is 35.5. The molecule has 2 heterocycles. The van der Waals surface area contributed by atoms with Crippen LogP contribution in [-0.4, -0.2) is 16.5 Å². The van der Waals surface area contributed by atoms with Crippen LogP contribution in [0.5, 0.6) is 0 Å². The molecule has 0 unspecified atom stereocenters. The minimum Gasteiger partial charge on any atom is -0.326 e. The monoisotopic (exact) mass is 301 g/mol. The summed E-state index contributed by atoms with van der Waals surface area (Å²) in [7, 11) is 0. The van der Waals surface area contributed by atoms with Crippen molar-refractivity contribution < 1.29 is 0 Å². The number of hydrogen-bond acceptors (Lipinski definition) is 3. The predicted octanol–water partition coefficient (Wildman–Crippen LogP) is 4.39. The second-order valence-electron chi connectivity index (χ2n) is 5.62. The molecule has 0 saturated carbocycles. The summed E-state index contributed by atoms with van der Waals surface area (Å²) in [6.45, 7) is 7.17. The number of anilines is 2. The summed E-state index contributed by atoms with van der Waals surface area (Å²) < 4.78 is 0. The van der Waals surface area contributed by atoms with Crippen LogP contribution in [0.15, 0.2) is 18.2 Å². The van der Waals surface area contributed by atoms with E-state index in [1.807, 2.05) is 6.92 Å². The molecule has 1 aliphatic rings. The summed E-state index contributed by atoms with van der Waals surface area (Å²) in [6.07, 6.45) is 3.06. The van der Waals surface area contributed by atoms with E-state index in [2.05, 4.69) is 41.9 Å². The zero-order valence-corrected chi connectivity index (χ0v) is 13.5. The lowest BCUT2D eigenvalue weighted by Gasteiger charge is -2.32. The molecule has 0 fully saturated rings. The number of hydrogen-bond donors (Lipinski definition) is 0. The Bertz CT molecular complexity index is 682. The molecule has 3 rings (SSSR count). The second kappa shape index (κ2) is 5.64. The summed E-state index contributed by atoms with van der Waals surface area (Å²) in [5.41, 5.74) is 4.92. The average molecular weight is 302 g/mol. The molecular formula is C17H20ClN3. The molecule has 2 aromatic rings. The normalized spacial score (nSPS) is 14.2. The smallest absolute Gasteiger partial charge is 0.141 e. The molecule has 0 saturated heterocycles. The fourth-order valence-electron chi connectivity index (χ4n) is 2.89. The Balaban J connectivity index is 2.12. The van der Waals surface area contributed by atoms with Crippen LogP contribution in [0.3, 0.4) is 0 Å². The topological polar surface area (TPSA) is 29.0 Å². The summed E-state index contributed by atoms with van der Waals surface area (Å²) >= 11 is 6.29. The molecule has 0 atom stereocenters. The Morgan fingerprint density at radius 1 is 1.24 bits per heavy atom. The first-order valence-electron chi connectivity index (χ1n) is 7.50. The molecule has 1 aromatic heterocycles. The van der Waals surface area contributed by atoms with E-state index >= 15 is 0 Å². The van der Waals surface area contributed by atoms with Crippen molar-refractivity contribution in [3.63, 3.8) is 0 Å². The van der Waals surface area contributed by atoms with Crippen LogP contribution in [0.25, 0.3) is 0 Å². The first-order valence-corrected chi connectivity index (χ1v) is 7.88. The number of rotatable bonds is 2. The van der Waals surface area contributed by atoms with E-state index in [0.29, 0.717) is 5.15 Å². The van der Waals surface area contributed by atoms with Gasteiger partial charge in [0.1, 0.15) is 16.8 Å². The molecule has 0 spiro atoms. The summed E-state index contributed by atoms with van der Waals surface area (Å²) in [5, 5.41) is 0.566. The minimum absolute atomic E-state index is 0.566. The van der Waals surface area contributed by atoms with Gasteiger partial charge in [-0.2, -0.15) is 0 Å². The van der Waals surface area contributed by atoms with Crippen LogP contribution in [0.2, 0.25) is 5.15 Å². The Hall–Kier alpha value is -1.61. The van der Waals surface area contributed by atoms with Gasteiger partial charge < -0.3 is 4.90 Å². The van der Waals surface area contributed by atoms with Crippen LogP contribution < -0.4 is 4.90 Å². The van der Waals surface area contributed by atoms with E-state index in [0.717, 1.165) is 43.0 Å². The molecule has 4 heteroatoms. The molecule has 3 nitrogen and oxygen atoms in total. The molecule has 0 aliphatic carbocycles. The largest absolute Gasteiger partial charge is 0.326 e. The van der Waals surface area contributed by atoms with Crippen molar-refractivity contribution >= 4 is 23.1 Å². The van der Waals surface area contributed by atoms with E-state index in [4.69, 9.17) is 16.6 Å². The highest BCUT2D eigenvalue weighted by Gasteiger charge is 2.22. The van der Waals surface area contributed by atoms with Gasteiger partial charge >= 0.3 is 0 Å². The highest BCUT2D eigenvalue weighted by molar-refractivity contribution is 6.30. The SMILES string of the molecule is CCc1nc(Cl)c(C)c(N2CCCc3cc(C)ccc32)n1. The quantitative estimate of drug-likeness (QED) is 0.770. The van der Waals surface area contributed by atoms with Crippen LogP contribution in [0.1, 0.15) is 35.9 Å². The minimum atomic E-state index is 0.566. The molecule has 0 amide bonds. The van der Waals surface area contributed by atoms with Crippen LogP contribution in [0.4, 0.5) is 11.5 Å². The van der Waals surface area contributed by atoms with E-state index in [1.165, 1.54) is 16.8 Å². The van der Waals surface area contributed by atoms with Crippen molar-refractivity contribution in [1.29, 1.82) is 0 Å². The Kier molecular flexibility index (Phi) is 3.85. The van der Waals surface area contributed by atoms with E-state index in [-0.39, 0.29) is 0 Å². The second-order valence-corrected chi connectivity index (χ2v) is 5.98. The Morgan fingerprint density at radius 2 is 2.05 bits per heavy atom. The lowest BCUT2D eigenvalue weighted by Crippen LogP contribution is -2.26. The first-order chi connectivity index (χ1) is 10.1. The fourth-order valence-corrected chi connectivity index (χ4v) is 3.07. The maximum Gasteiger partial charge on any atom is 0.141 e. The van der Waals surface area contributed by atoms with Crippen LogP contribution in [-0.2, 0) is 12.8 Å². The van der Waals surface area contributed by atoms with Crippen molar-refractivity contribution in [3.8, 4) is 0 Å². The van der Waals surface area contributed by atoms with Crippen molar-refractivity contribution in [2.24, 2.45) is 0 Å². The molecule has 21 heavy (non-hydrogen) atoms. The van der Waals surface area contributed by atoms with Gasteiger partial charge in [-0.15, -0.1) is 0 Å². The third-order valence-electron chi connectivity index (χ3n) is 4.03. The van der Waals surface area contributed by atoms with Gasteiger partial charge in [0, 0.05) is 24.2 Å². The van der Waals surface area contributed by atoms with Gasteiger partial charge in [0.25, 0.3) is 0 Å². The van der Waals surface area contributed by atoms with Crippen molar-refractivity contribution in [2.45, 2.75) is 40.0 Å². The molecular weight excluding hydrogens is 282 g/mol. The number of benzene rings is 1. The number of aryl methyl sites for hydroxylation is 3. The predicted molar refractivity (Wildman–Crippen MR) is 87.7 cm³/mol. The Morgan fingerprint density at radius 3 is 2.81 bits per heavy atom. The Labute approximate surface area is 131 Å². The number of halogens is 1. The summed E-state index contributed by atoms with van der Waals surface area (Å²) in [5.74, 6) is 1.76. The third-order valence-corrected chi connectivity index (χ3v) is 4.40. The first kappa shape index (κ1) is 14.3. The molecule has 1 aliphatic heterocycles. The lowest BCUT2D eigenvalue weighted by atomic mass is 9.99. The van der Waals surface area contributed by atoms with Gasteiger partial charge in [-0.05, 0) is 38.3 Å². The van der Waals surface area contributed by atoms with Gasteiger partial charge in [-0.1, -0.05) is 36.2 Å². The number of aromatic nitrogens is 2. The third kappa shape index (κ3) is 2.62. The molecule has 0 N–H and O–H groups in total. The van der Waals surface area contributed by atoms with E-state index in [9.17, 15) is 0 Å². The molecule has 1 aromatic carbocycles. The van der Waals surface area contributed by atoms with Crippen molar-refractivity contribution in [2.75, 3.05) is 11.4 Å². The van der Waals surface area contributed by atoms with Gasteiger partial charge in [-0.25, -0.2) is 9.97 Å².